The van der Waals surface area contributed by atoms with Crippen molar-refractivity contribution < 1.29 is 9.59 Å². The standard InChI is InChI=1S/C17H24N6O2.ClH/c1-12(2)16(18)17(25)19-10-15(24)22(3)11-13-9-20-23(21-13)14-7-5-4-6-8-14;/h4-9,12,16H,10-11,18H2,1-3H3,(H,19,25);1H/t16-;/m0./s1. The average Bonchev–Trinajstić information content (AvgIpc) is 3.07. The predicted molar refractivity (Wildman–Crippen MR) is 101 cm³/mol. The van der Waals surface area contributed by atoms with E-state index in [0.29, 0.717) is 12.2 Å². The lowest BCUT2D eigenvalue weighted by Crippen LogP contribution is -2.47. The summed E-state index contributed by atoms with van der Waals surface area (Å²) in [7, 11) is 1.65. The van der Waals surface area contributed by atoms with Gasteiger partial charge < -0.3 is 16.0 Å². The Kier molecular flexibility index (Phi) is 8.21. The molecule has 0 fully saturated rings. The van der Waals surface area contributed by atoms with Crippen LogP contribution in [0.15, 0.2) is 36.5 Å². The van der Waals surface area contributed by atoms with Crippen LogP contribution >= 0.6 is 12.4 Å². The Labute approximate surface area is 159 Å². The van der Waals surface area contributed by atoms with Gasteiger partial charge in [-0.25, -0.2) is 0 Å². The van der Waals surface area contributed by atoms with E-state index in [4.69, 9.17) is 5.73 Å². The molecule has 1 aromatic heterocycles. The molecule has 2 aromatic rings. The Bertz CT molecular complexity index is 719. The van der Waals surface area contributed by atoms with Crippen molar-refractivity contribution in [2.24, 2.45) is 11.7 Å². The topological polar surface area (TPSA) is 106 Å². The van der Waals surface area contributed by atoms with E-state index in [0.717, 1.165) is 5.69 Å². The minimum absolute atomic E-state index is 0. The zero-order chi connectivity index (χ0) is 18.4. The van der Waals surface area contributed by atoms with Crippen molar-refractivity contribution in [1.29, 1.82) is 0 Å². The van der Waals surface area contributed by atoms with Crippen molar-refractivity contribution in [2.45, 2.75) is 26.4 Å². The zero-order valence-electron chi connectivity index (χ0n) is 15.1. The number of halogens is 1. The van der Waals surface area contributed by atoms with E-state index in [1.54, 1.807) is 13.2 Å². The van der Waals surface area contributed by atoms with Gasteiger partial charge in [-0.15, -0.1) is 12.4 Å². The SMILES string of the molecule is CC(C)[C@H](N)C(=O)NCC(=O)N(C)Cc1cnn(-c2ccccc2)n1.Cl. The van der Waals surface area contributed by atoms with Crippen LogP contribution in [0.1, 0.15) is 19.5 Å². The van der Waals surface area contributed by atoms with E-state index < -0.39 is 6.04 Å². The summed E-state index contributed by atoms with van der Waals surface area (Å²) in [6, 6.07) is 8.89. The number of aromatic nitrogens is 3. The molecule has 0 unspecified atom stereocenters. The molecule has 9 heteroatoms. The molecule has 0 saturated heterocycles. The second kappa shape index (κ2) is 9.88. The highest BCUT2D eigenvalue weighted by atomic mass is 35.5. The van der Waals surface area contributed by atoms with E-state index in [9.17, 15) is 9.59 Å². The lowest BCUT2D eigenvalue weighted by atomic mass is 10.1. The molecular weight excluding hydrogens is 356 g/mol. The number of carbonyl (C=O) groups excluding carboxylic acids is 2. The molecule has 8 nitrogen and oxygen atoms in total. The molecule has 142 valence electrons. The summed E-state index contributed by atoms with van der Waals surface area (Å²) in [5.41, 5.74) is 7.25. The fourth-order valence-electron chi connectivity index (χ4n) is 2.10. The van der Waals surface area contributed by atoms with E-state index >= 15 is 0 Å². The molecule has 0 bridgehead atoms. The molecule has 2 amide bonds. The molecule has 26 heavy (non-hydrogen) atoms. The van der Waals surface area contributed by atoms with Crippen LogP contribution in [0, 0.1) is 5.92 Å². The average molecular weight is 381 g/mol. The van der Waals surface area contributed by atoms with Crippen molar-refractivity contribution >= 4 is 24.2 Å². The van der Waals surface area contributed by atoms with Crippen LogP contribution in [-0.4, -0.2) is 51.3 Å². The van der Waals surface area contributed by atoms with Crippen LogP contribution in [0.3, 0.4) is 0 Å². The van der Waals surface area contributed by atoms with Gasteiger partial charge in [-0.05, 0) is 18.1 Å². The van der Waals surface area contributed by atoms with Gasteiger partial charge in [0, 0.05) is 7.05 Å². The van der Waals surface area contributed by atoms with Crippen LogP contribution < -0.4 is 11.1 Å². The van der Waals surface area contributed by atoms with Crippen LogP contribution in [0.2, 0.25) is 0 Å². The minimum Gasteiger partial charge on any atom is -0.346 e. The van der Waals surface area contributed by atoms with Gasteiger partial charge in [-0.3, -0.25) is 9.59 Å². The molecule has 0 saturated carbocycles. The normalized spacial score (nSPS) is 11.6. The number of carbonyl (C=O) groups is 2. The molecule has 0 aliphatic carbocycles. The molecule has 2 rings (SSSR count). The molecule has 0 aliphatic heterocycles. The Balaban J connectivity index is 0.00000338. The molecule has 0 radical (unpaired) electrons. The van der Waals surface area contributed by atoms with Crippen LogP contribution in [0.25, 0.3) is 5.69 Å². The van der Waals surface area contributed by atoms with Gasteiger partial charge in [0.05, 0.1) is 31.0 Å². The van der Waals surface area contributed by atoms with Crippen LogP contribution in [0.4, 0.5) is 0 Å². The predicted octanol–water partition coefficient (Wildman–Crippen LogP) is 0.747. The summed E-state index contributed by atoms with van der Waals surface area (Å²) in [5, 5.41) is 11.1. The number of nitrogens with two attached hydrogens (primary N) is 1. The number of likely N-dealkylation sites (N-methyl/N-ethyl adjacent to an activating group) is 1. The minimum atomic E-state index is -0.621. The highest BCUT2D eigenvalue weighted by molar-refractivity contribution is 5.87. The van der Waals surface area contributed by atoms with Gasteiger partial charge in [0.1, 0.15) is 5.69 Å². The molecular formula is C17H25ClN6O2. The Morgan fingerprint density at radius 3 is 2.54 bits per heavy atom. The highest BCUT2D eigenvalue weighted by Gasteiger charge is 2.19. The van der Waals surface area contributed by atoms with Crippen molar-refractivity contribution in [3.8, 4) is 5.69 Å². The van der Waals surface area contributed by atoms with E-state index in [1.165, 1.54) is 9.70 Å². The number of amides is 2. The van der Waals surface area contributed by atoms with Crippen molar-refractivity contribution in [3.05, 3.63) is 42.2 Å². The largest absolute Gasteiger partial charge is 0.346 e. The maximum Gasteiger partial charge on any atom is 0.242 e. The third-order valence-corrected chi connectivity index (χ3v) is 3.79. The highest BCUT2D eigenvalue weighted by Crippen LogP contribution is 2.05. The third-order valence-electron chi connectivity index (χ3n) is 3.79. The van der Waals surface area contributed by atoms with Gasteiger partial charge in [0.25, 0.3) is 0 Å². The number of benzene rings is 1. The summed E-state index contributed by atoms with van der Waals surface area (Å²) in [4.78, 5) is 26.9. The lowest BCUT2D eigenvalue weighted by molar-refractivity contribution is -0.132. The number of para-hydroxylation sites is 1. The van der Waals surface area contributed by atoms with Gasteiger partial charge in [-0.2, -0.15) is 15.0 Å². The number of rotatable bonds is 7. The maximum atomic E-state index is 12.1. The third kappa shape index (κ3) is 5.82. The summed E-state index contributed by atoms with van der Waals surface area (Å²) in [6.07, 6.45) is 1.62. The van der Waals surface area contributed by atoms with Crippen LogP contribution in [-0.2, 0) is 16.1 Å². The smallest absolute Gasteiger partial charge is 0.242 e. The van der Waals surface area contributed by atoms with Crippen molar-refractivity contribution in [2.75, 3.05) is 13.6 Å². The molecule has 3 N–H and O–H groups in total. The van der Waals surface area contributed by atoms with E-state index in [1.807, 2.05) is 44.2 Å². The monoisotopic (exact) mass is 380 g/mol. The van der Waals surface area contributed by atoms with Crippen molar-refractivity contribution in [1.82, 2.24) is 25.2 Å². The number of nitrogens with zero attached hydrogens (tertiary/aromatic N) is 4. The maximum absolute atomic E-state index is 12.1. The first kappa shape index (κ1) is 21.6. The van der Waals surface area contributed by atoms with Crippen LogP contribution in [0.5, 0.6) is 0 Å². The summed E-state index contributed by atoms with van der Waals surface area (Å²) >= 11 is 0. The Morgan fingerprint density at radius 1 is 1.27 bits per heavy atom. The van der Waals surface area contributed by atoms with Gasteiger partial charge in [-0.1, -0.05) is 32.0 Å². The lowest BCUT2D eigenvalue weighted by Gasteiger charge is -2.18. The zero-order valence-corrected chi connectivity index (χ0v) is 15.9. The molecule has 1 atom stereocenters. The number of hydrogen-bond acceptors (Lipinski definition) is 5. The van der Waals surface area contributed by atoms with Crippen molar-refractivity contribution in [3.63, 3.8) is 0 Å². The fourth-order valence-corrected chi connectivity index (χ4v) is 2.10. The summed E-state index contributed by atoms with van der Waals surface area (Å²) < 4.78 is 0. The summed E-state index contributed by atoms with van der Waals surface area (Å²) in [5.74, 6) is -0.536. The van der Waals surface area contributed by atoms with Gasteiger partial charge >= 0.3 is 0 Å². The summed E-state index contributed by atoms with van der Waals surface area (Å²) in [6.45, 7) is 3.92. The van der Waals surface area contributed by atoms with Gasteiger partial charge in [0.15, 0.2) is 0 Å². The molecule has 1 heterocycles. The number of hydrogen-bond donors (Lipinski definition) is 2. The Hall–Kier alpha value is -2.45. The fraction of sp³-hybridized carbons (Fsp3) is 0.412. The first-order valence-electron chi connectivity index (χ1n) is 8.12. The molecule has 0 spiro atoms. The molecule has 1 aromatic carbocycles. The van der Waals surface area contributed by atoms with E-state index in [-0.39, 0.29) is 36.7 Å². The van der Waals surface area contributed by atoms with E-state index in [2.05, 4.69) is 15.5 Å². The quantitative estimate of drug-likeness (QED) is 0.737. The second-order valence-electron chi connectivity index (χ2n) is 6.20. The Morgan fingerprint density at radius 2 is 1.92 bits per heavy atom. The first-order valence-corrected chi connectivity index (χ1v) is 8.12. The molecule has 0 aliphatic rings. The first-order chi connectivity index (χ1) is 11.9. The number of nitrogens with one attached hydrogen (secondary N) is 1. The van der Waals surface area contributed by atoms with Gasteiger partial charge in [0.2, 0.25) is 11.8 Å². The second-order valence-corrected chi connectivity index (χ2v) is 6.20.